The van der Waals surface area contributed by atoms with Gasteiger partial charge in [0.2, 0.25) is 0 Å². The lowest BCUT2D eigenvalue weighted by atomic mass is 10.2. The fourth-order valence-corrected chi connectivity index (χ4v) is 1.80. The molecule has 0 radical (unpaired) electrons. The molecule has 1 heterocycles. The van der Waals surface area contributed by atoms with E-state index in [0.29, 0.717) is 5.69 Å². The second kappa shape index (κ2) is 6.27. The Labute approximate surface area is 130 Å². The van der Waals surface area contributed by atoms with Crippen LogP contribution in [-0.4, -0.2) is 45.8 Å². The van der Waals surface area contributed by atoms with E-state index in [0.717, 1.165) is 12.1 Å². The van der Waals surface area contributed by atoms with Crippen molar-refractivity contribution in [2.75, 3.05) is 14.1 Å². The number of ether oxygens (including phenoxy) is 1. The van der Waals surface area contributed by atoms with E-state index in [1.807, 2.05) is 0 Å². The Balaban J connectivity index is 2.12. The minimum atomic E-state index is -4.39. The van der Waals surface area contributed by atoms with Crippen molar-refractivity contribution in [2.45, 2.75) is 19.2 Å². The lowest BCUT2D eigenvalue weighted by Crippen LogP contribution is -2.35. The van der Waals surface area contributed by atoms with Crippen LogP contribution in [0.1, 0.15) is 12.5 Å². The Hall–Kier alpha value is -2.58. The Bertz CT molecular complexity index is 680. The summed E-state index contributed by atoms with van der Waals surface area (Å²) >= 11 is 0. The number of hydrogen-bond donors (Lipinski definition) is 0. The summed E-state index contributed by atoms with van der Waals surface area (Å²) in [5.74, 6) is -0.254. The van der Waals surface area contributed by atoms with E-state index < -0.39 is 17.8 Å². The quantitative estimate of drug-likeness (QED) is 0.863. The van der Waals surface area contributed by atoms with Gasteiger partial charge in [0.1, 0.15) is 6.33 Å². The summed E-state index contributed by atoms with van der Waals surface area (Å²) in [5.41, 5.74) is -0.352. The number of alkyl halides is 3. The highest BCUT2D eigenvalue weighted by molar-refractivity contribution is 5.80. The molecule has 2 aromatic rings. The van der Waals surface area contributed by atoms with E-state index in [1.165, 1.54) is 28.0 Å². The SMILES string of the molecule is CC(Oc1ncn(-c2ccc(C(F)(F)F)cc2)n1)C(=O)N(C)C. The maximum absolute atomic E-state index is 12.5. The van der Waals surface area contributed by atoms with Gasteiger partial charge in [-0.1, -0.05) is 0 Å². The summed E-state index contributed by atoms with van der Waals surface area (Å²) in [5, 5.41) is 3.99. The third-order valence-electron chi connectivity index (χ3n) is 3.00. The van der Waals surface area contributed by atoms with E-state index in [1.54, 1.807) is 21.0 Å². The van der Waals surface area contributed by atoms with Gasteiger partial charge in [-0.2, -0.15) is 18.2 Å². The third kappa shape index (κ3) is 3.99. The number of aromatic nitrogens is 3. The summed E-state index contributed by atoms with van der Waals surface area (Å²) in [6.45, 7) is 1.56. The predicted molar refractivity (Wildman–Crippen MR) is 75.1 cm³/mol. The van der Waals surface area contributed by atoms with Gasteiger partial charge in [0, 0.05) is 14.1 Å². The molecule has 0 saturated heterocycles. The first-order valence-electron chi connectivity index (χ1n) is 6.65. The van der Waals surface area contributed by atoms with Crippen LogP contribution in [0.2, 0.25) is 0 Å². The van der Waals surface area contributed by atoms with Crippen molar-refractivity contribution in [3.63, 3.8) is 0 Å². The molecule has 0 aliphatic heterocycles. The molecule has 1 aromatic carbocycles. The minimum Gasteiger partial charge on any atom is -0.449 e. The van der Waals surface area contributed by atoms with Crippen LogP contribution in [-0.2, 0) is 11.0 Å². The molecule has 1 amide bonds. The second-order valence-corrected chi connectivity index (χ2v) is 5.01. The molecule has 6 nitrogen and oxygen atoms in total. The van der Waals surface area contributed by atoms with Crippen molar-refractivity contribution in [3.05, 3.63) is 36.2 Å². The molecule has 1 aromatic heterocycles. The first kappa shape index (κ1) is 16.8. The molecule has 0 spiro atoms. The molecule has 124 valence electrons. The Morgan fingerprint density at radius 3 is 2.39 bits per heavy atom. The van der Waals surface area contributed by atoms with Crippen LogP contribution in [0.3, 0.4) is 0 Å². The first-order valence-corrected chi connectivity index (χ1v) is 6.65. The largest absolute Gasteiger partial charge is 0.449 e. The lowest BCUT2D eigenvalue weighted by Gasteiger charge is -2.16. The average Bonchev–Trinajstić information content (AvgIpc) is 2.94. The summed E-state index contributed by atoms with van der Waals surface area (Å²) in [6.07, 6.45) is -3.87. The monoisotopic (exact) mass is 328 g/mol. The molecule has 0 aliphatic carbocycles. The van der Waals surface area contributed by atoms with Crippen molar-refractivity contribution in [2.24, 2.45) is 0 Å². The zero-order valence-electron chi connectivity index (χ0n) is 12.7. The summed E-state index contributed by atoms with van der Waals surface area (Å²) in [7, 11) is 3.19. The Morgan fingerprint density at radius 2 is 1.87 bits per heavy atom. The Kier molecular flexibility index (Phi) is 4.57. The van der Waals surface area contributed by atoms with Gasteiger partial charge in [0.05, 0.1) is 11.3 Å². The van der Waals surface area contributed by atoms with Gasteiger partial charge >= 0.3 is 12.2 Å². The first-order chi connectivity index (χ1) is 10.7. The highest BCUT2D eigenvalue weighted by Gasteiger charge is 2.30. The number of carbonyl (C=O) groups excluding carboxylic acids is 1. The fraction of sp³-hybridized carbons (Fsp3) is 0.357. The van der Waals surface area contributed by atoms with Gasteiger partial charge < -0.3 is 9.64 Å². The molecule has 0 fully saturated rings. The third-order valence-corrected chi connectivity index (χ3v) is 3.00. The van der Waals surface area contributed by atoms with Crippen LogP contribution in [0.4, 0.5) is 13.2 Å². The van der Waals surface area contributed by atoms with Gasteiger partial charge in [0.15, 0.2) is 6.10 Å². The number of likely N-dealkylation sites (N-methyl/N-ethyl adjacent to an activating group) is 1. The van der Waals surface area contributed by atoms with Crippen molar-refractivity contribution in [1.29, 1.82) is 0 Å². The standard InChI is InChI=1S/C14H15F3N4O2/c1-9(12(22)20(2)3)23-13-18-8-21(19-13)11-6-4-10(5-7-11)14(15,16)17/h4-9H,1-3H3. The van der Waals surface area contributed by atoms with Gasteiger partial charge in [-0.05, 0) is 31.2 Å². The van der Waals surface area contributed by atoms with Crippen molar-refractivity contribution in [3.8, 4) is 11.7 Å². The molecular formula is C14H15F3N4O2. The van der Waals surface area contributed by atoms with E-state index in [9.17, 15) is 18.0 Å². The second-order valence-electron chi connectivity index (χ2n) is 5.01. The van der Waals surface area contributed by atoms with Gasteiger partial charge in [-0.25, -0.2) is 4.68 Å². The smallest absolute Gasteiger partial charge is 0.416 e. The van der Waals surface area contributed by atoms with Crippen molar-refractivity contribution >= 4 is 5.91 Å². The summed E-state index contributed by atoms with van der Waals surface area (Å²) in [6, 6.07) is 4.42. The highest BCUT2D eigenvalue weighted by atomic mass is 19.4. The normalized spacial score (nSPS) is 12.8. The number of carbonyl (C=O) groups is 1. The van der Waals surface area contributed by atoms with Crippen LogP contribution in [0, 0.1) is 0 Å². The van der Waals surface area contributed by atoms with Crippen LogP contribution in [0.15, 0.2) is 30.6 Å². The predicted octanol–water partition coefficient (Wildman–Crippen LogP) is 2.14. The fourth-order valence-electron chi connectivity index (χ4n) is 1.80. The molecule has 9 heteroatoms. The maximum atomic E-state index is 12.5. The van der Waals surface area contributed by atoms with Gasteiger partial charge in [0.25, 0.3) is 5.91 Å². The van der Waals surface area contributed by atoms with Crippen molar-refractivity contribution < 1.29 is 22.7 Å². The number of amides is 1. The van der Waals surface area contributed by atoms with Crippen LogP contribution >= 0.6 is 0 Å². The molecule has 0 saturated carbocycles. The molecule has 2 rings (SSSR count). The number of benzene rings is 1. The molecule has 0 N–H and O–H groups in total. The molecule has 23 heavy (non-hydrogen) atoms. The van der Waals surface area contributed by atoms with Crippen molar-refractivity contribution in [1.82, 2.24) is 19.7 Å². The highest BCUT2D eigenvalue weighted by Crippen LogP contribution is 2.29. The van der Waals surface area contributed by atoms with Crippen LogP contribution < -0.4 is 4.74 Å². The number of rotatable bonds is 4. The van der Waals surface area contributed by atoms with Crippen LogP contribution in [0.25, 0.3) is 5.69 Å². The molecule has 0 bridgehead atoms. The van der Waals surface area contributed by atoms with E-state index in [4.69, 9.17) is 4.74 Å². The molecule has 1 atom stereocenters. The molecule has 1 unspecified atom stereocenters. The Morgan fingerprint density at radius 1 is 1.26 bits per heavy atom. The lowest BCUT2D eigenvalue weighted by molar-refractivity contribution is -0.137. The van der Waals surface area contributed by atoms with Crippen LogP contribution in [0.5, 0.6) is 6.01 Å². The number of halogens is 3. The molecule has 0 aliphatic rings. The maximum Gasteiger partial charge on any atom is 0.416 e. The topological polar surface area (TPSA) is 60.2 Å². The number of nitrogens with zero attached hydrogens (tertiary/aromatic N) is 4. The minimum absolute atomic E-state index is 0.0346. The van der Waals surface area contributed by atoms with Gasteiger partial charge in [-0.15, -0.1) is 5.10 Å². The summed E-state index contributed by atoms with van der Waals surface area (Å²) in [4.78, 5) is 16.9. The average molecular weight is 328 g/mol. The van der Waals surface area contributed by atoms with Gasteiger partial charge in [-0.3, -0.25) is 4.79 Å². The van der Waals surface area contributed by atoms with E-state index in [2.05, 4.69) is 10.1 Å². The number of hydrogen-bond acceptors (Lipinski definition) is 4. The zero-order valence-corrected chi connectivity index (χ0v) is 12.7. The molecular weight excluding hydrogens is 313 g/mol. The summed E-state index contributed by atoms with van der Waals surface area (Å²) < 4.78 is 44.1. The van der Waals surface area contributed by atoms with E-state index >= 15 is 0 Å². The van der Waals surface area contributed by atoms with E-state index in [-0.39, 0.29) is 11.9 Å². The zero-order chi connectivity index (χ0) is 17.2.